The minimum Gasteiger partial charge on any atom is -0.465 e. The molecule has 1 aromatic carbocycles. The van der Waals surface area contributed by atoms with Gasteiger partial charge in [-0.3, -0.25) is 4.79 Å². The Kier molecular flexibility index (Phi) is 4.73. The molecule has 0 spiro atoms. The van der Waals surface area contributed by atoms with Crippen LogP contribution in [0.2, 0.25) is 5.02 Å². The molecule has 0 saturated carbocycles. The Morgan fingerprint density at radius 1 is 1.50 bits per heavy atom. The molecule has 2 atom stereocenters. The normalized spacial score (nSPS) is 14.2. The van der Waals surface area contributed by atoms with Crippen molar-refractivity contribution < 1.29 is 14.6 Å². The van der Waals surface area contributed by atoms with Crippen LogP contribution < -0.4 is 5.73 Å². The topological polar surface area (TPSA) is 72.5 Å². The van der Waals surface area contributed by atoms with Crippen LogP contribution in [-0.4, -0.2) is 23.7 Å². The van der Waals surface area contributed by atoms with E-state index in [1.165, 1.54) is 0 Å². The van der Waals surface area contributed by atoms with E-state index >= 15 is 0 Å². The van der Waals surface area contributed by atoms with Gasteiger partial charge in [0.15, 0.2) is 0 Å². The summed E-state index contributed by atoms with van der Waals surface area (Å²) in [7, 11) is 0. The van der Waals surface area contributed by atoms with Crippen molar-refractivity contribution in [2.45, 2.75) is 19.1 Å². The van der Waals surface area contributed by atoms with Gasteiger partial charge in [-0.15, -0.1) is 0 Å². The predicted molar refractivity (Wildman–Crippen MR) is 61.0 cm³/mol. The number of carbonyl (C=O) groups excluding carboxylic acids is 1. The quantitative estimate of drug-likeness (QED) is 0.781. The fourth-order valence-electron chi connectivity index (χ4n) is 1.23. The summed E-state index contributed by atoms with van der Waals surface area (Å²) in [6, 6.07) is 5.40. The zero-order chi connectivity index (χ0) is 12.1. The molecule has 0 fully saturated rings. The minimum absolute atomic E-state index is 0.236. The van der Waals surface area contributed by atoms with E-state index in [1.54, 1.807) is 31.2 Å². The Bertz CT molecular complexity index is 353. The van der Waals surface area contributed by atoms with Gasteiger partial charge in [0.05, 0.1) is 6.61 Å². The van der Waals surface area contributed by atoms with Gasteiger partial charge in [-0.25, -0.2) is 0 Å². The van der Waals surface area contributed by atoms with Gasteiger partial charge in [0.1, 0.15) is 12.1 Å². The lowest BCUT2D eigenvalue weighted by molar-refractivity contribution is -0.147. The van der Waals surface area contributed by atoms with Gasteiger partial charge in [0.25, 0.3) is 0 Å². The summed E-state index contributed by atoms with van der Waals surface area (Å²) in [5, 5.41) is 10.4. The van der Waals surface area contributed by atoms with Gasteiger partial charge >= 0.3 is 5.97 Å². The highest BCUT2D eigenvalue weighted by Crippen LogP contribution is 2.19. The number of esters is 1. The Morgan fingerprint density at radius 3 is 2.56 bits per heavy atom. The Labute approximate surface area is 99.0 Å². The molecule has 0 heterocycles. The number of aliphatic hydroxyl groups excluding tert-OH is 1. The third-order valence-electron chi connectivity index (χ3n) is 2.11. The second kappa shape index (κ2) is 5.84. The number of carbonyl (C=O) groups is 1. The summed E-state index contributed by atoms with van der Waals surface area (Å²) in [5.41, 5.74) is 6.09. The fourth-order valence-corrected chi connectivity index (χ4v) is 1.36. The number of benzene rings is 1. The Balaban J connectivity index is 2.73. The molecule has 0 radical (unpaired) electrons. The molecular weight excluding hydrogens is 230 g/mol. The third-order valence-corrected chi connectivity index (χ3v) is 2.36. The number of ether oxygens (including phenoxy) is 1. The molecule has 88 valence electrons. The monoisotopic (exact) mass is 243 g/mol. The molecule has 0 amide bonds. The highest BCUT2D eigenvalue weighted by atomic mass is 35.5. The van der Waals surface area contributed by atoms with Crippen molar-refractivity contribution in [3.05, 3.63) is 34.9 Å². The van der Waals surface area contributed by atoms with E-state index in [9.17, 15) is 9.90 Å². The number of halogens is 1. The lowest BCUT2D eigenvalue weighted by Gasteiger charge is -2.17. The highest BCUT2D eigenvalue weighted by Gasteiger charge is 2.25. The maximum absolute atomic E-state index is 11.3. The van der Waals surface area contributed by atoms with Crippen LogP contribution in [0, 0.1) is 0 Å². The Hall–Kier alpha value is -1.10. The first-order valence-electron chi connectivity index (χ1n) is 4.92. The first-order chi connectivity index (χ1) is 7.56. The molecule has 0 aliphatic carbocycles. The van der Waals surface area contributed by atoms with Gasteiger partial charge in [-0.1, -0.05) is 23.7 Å². The first-order valence-corrected chi connectivity index (χ1v) is 5.29. The van der Waals surface area contributed by atoms with Crippen molar-refractivity contribution in [1.29, 1.82) is 0 Å². The Morgan fingerprint density at radius 2 is 2.06 bits per heavy atom. The predicted octanol–water partition coefficient (Wildman–Crippen LogP) is 1.26. The average Bonchev–Trinajstić information content (AvgIpc) is 2.28. The van der Waals surface area contributed by atoms with Crippen LogP contribution in [0.25, 0.3) is 0 Å². The summed E-state index contributed by atoms with van der Waals surface area (Å²) in [6.45, 7) is 1.92. The maximum atomic E-state index is 11.3. The second-order valence-electron chi connectivity index (χ2n) is 3.27. The summed E-state index contributed by atoms with van der Waals surface area (Å²) in [5.74, 6) is -0.620. The summed E-state index contributed by atoms with van der Waals surface area (Å²) >= 11 is 5.70. The van der Waals surface area contributed by atoms with Gasteiger partial charge in [0, 0.05) is 5.02 Å². The summed E-state index contributed by atoms with van der Waals surface area (Å²) in [6.07, 6.45) is -1.09. The molecule has 1 rings (SSSR count). The van der Waals surface area contributed by atoms with Crippen LogP contribution in [-0.2, 0) is 9.53 Å². The molecule has 0 saturated heterocycles. The number of hydrogen-bond acceptors (Lipinski definition) is 4. The molecule has 0 bridgehead atoms. The van der Waals surface area contributed by atoms with Crippen LogP contribution >= 0.6 is 11.6 Å². The lowest BCUT2D eigenvalue weighted by Crippen LogP contribution is -2.38. The lowest BCUT2D eigenvalue weighted by atomic mass is 10.0. The summed E-state index contributed by atoms with van der Waals surface area (Å²) < 4.78 is 4.72. The van der Waals surface area contributed by atoms with Crippen molar-refractivity contribution in [1.82, 2.24) is 0 Å². The maximum Gasteiger partial charge on any atom is 0.325 e. The molecule has 0 aliphatic rings. The highest BCUT2D eigenvalue weighted by molar-refractivity contribution is 6.30. The molecule has 3 N–H and O–H groups in total. The van der Waals surface area contributed by atoms with E-state index in [1.807, 2.05) is 0 Å². The van der Waals surface area contributed by atoms with Crippen LogP contribution in [0.3, 0.4) is 0 Å². The van der Waals surface area contributed by atoms with Crippen LogP contribution in [0.5, 0.6) is 0 Å². The van der Waals surface area contributed by atoms with Crippen molar-refractivity contribution >= 4 is 17.6 Å². The smallest absolute Gasteiger partial charge is 0.325 e. The molecule has 1 aromatic rings. The zero-order valence-electron chi connectivity index (χ0n) is 8.89. The van der Waals surface area contributed by atoms with Crippen molar-refractivity contribution in [3.8, 4) is 0 Å². The van der Waals surface area contributed by atoms with Crippen molar-refractivity contribution in [2.24, 2.45) is 5.73 Å². The van der Waals surface area contributed by atoms with E-state index < -0.39 is 18.1 Å². The van der Waals surface area contributed by atoms with Crippen LogP contribution in [0.4, 0.5) is 0 Å². The number of hydrogen-bond donors (Lipinski definition) is 2. The van der Waals surface area contributed by atoms with Gasteiger partial charge in [0.2, 0.25) is 0 Å². The van der Waals surface area contributed by atoms with Gasteiger partial charge in [-0.05, 0) is 24.6 Å². The minimum atomic E-state index is -1.09. The zero-order valence-corrected chi connectivity index (χ0v) is 9.65. The first kappa shape index (κ1) is 13.0. The van der Waals surface area contributed by atoms with Gasteiger partial charge in [-0.2, -0.15) is 0 Å². The number of nitrogens with two attached hydrogens (primary N) is 1. The molecule has 0 aromatic heterocycles. The summed E-state index contributed by atoms with van der Waals surface area (Å²) in [4.78, 5) is 11.3. The third kappa shape index (κ3) is 3.20. The molecule has 0 aliphatic heterocycles. The fraction of sp³-hybridized carbons (Fsp3) is 0.364. The molecule has 16 heavy (non-hydrogen) atoms. The van der Waals surface area contributed by atoms with Crippen molar-refractivity contribution in [2.75, 3.05) is 6.61 Å². The van der Waals surface area contributed by atoms with E-state index in [-0.39, 0.29) is 6.61 Å². The number of rotatable bonds is 4. The largest absolute Gasteiger partial charge is 0.465 e. The van der Waals surface area contributed by atoms with Gasteiger partial charge < -0.3 is 15.6 Å². The molecule has 2 unspecified atom stereocenters. The second-order valence-corrected chi connectivity index (χ2v) is 3.71. The van der Waals surface area contributed by atoms with E-state index in [0.717, 1.165) is 0 Å². The van der Waals surface area contributed by atoms with Crippen molar-refractivity contribution in [3.63, 3.8) is 0 Å². The molecule has 5 heteroatoms. The SMILES string of the molecule is CCOC(=O)C(N)C(O)c1ccc(Cl)cc1. The average molecular weight is 244 g/mol. The van der Waals surface area contributed by atoms with E-state index in [4.69, 9.17) is 22.1 Å². The molecular formula is C11H14ClNO3. The molecule has 4 nitrogen and oxygen atoms in total. The van der Waals surface area contributed by atoms with Crippen LogP contribution in [0.1, 0.15) is 18.6 Å². The number of aliphatic hydroxyl groups is 1. The van der Waals surface area contributed by atoms with E-state index in [0.29, 0.717) is 10.6 Å². The van der Waals surface area contributed by atoms with E-state index in [2.05, 4.69) is 0 Å². The standard InChI is InChI=1S/C11H14ClNO3/c1-2-16-11(15)9(13)10(14)7-3-5-8(12)6-4-7/h3-6,9-10,14H,2,13H2,1H3. The van der Waals surface area contributed by atoms with Crippen LogP contribution in [0.15, 0.2) is 24.3 Å².